The van der Waals surface area contributed by atoms with Crippen molar-refractivity contribution in [3.8, 4) is 22.3 Å². The van der Waals surface area contributed by atoms with Crippen LogP contribution in [0.15, 0.2) is 79.4 Å². The van der Waals surface area contributed by atoms with Gasteiger partial charge < -0.3 is 0 Å². The molecule has 0 bridgehead atoms. The maximum Gasteiger partial charge on any atom is 0.145 e. The summed E-state index contributed by atoms with van der Waals surface area (Å²) in [4.78, 5) is 9.13. The lowest BCUT2D eigenvalue weighted by molar-refractivity contribution is 1.21. The van der Waals surface area contributed by atoms with E-state index in [-0.39, 0.29) is 0 Å². The van der Waals surface area contributed by atoms with E-state index in [4.69, 9.17) is 4.98 Å². The second-order valence-electron chi connectivity index (χ2n) is 8.75. The van der Waals surface area contributed by atoms with Crippen molar-refractivity contribution in [2.45, 2.75) is 12.8 Å². The standard InChI is InChI=1S/C28H17N3/c1-2-4-20-16(3-1)9-17-10-18-11-19-12-24-25(14-23(19)22(18)13-21(17)20)28-30-7-8-31(28)27-5-6-29-15-26(24)27/h1-8,10,12-15H,9,11H2. The summed E-state index contributed by atoms with van der Waals surface area (Å²) in [7, 11) is 0. The Balaban J connectivity index is 1.45. The van der Waals surface area contributed by atoms with Crippen LogP contribution in [0.5, 0.6) is 0 Å². The van der Waals surface area contributed by atoms with Crippen molar-refractivity contribution >= 4 is 27.3 Å². The van der Waals surface area contributed by atoms with Crippen LogP contribution in [-0.2, 0) is 12.8 Å². The molecule has 3 aromatic heterocycles. The van der Waals surface area contributed by atoms with Gasteiger partial charge in [-0.3, -0.25) is 9.38 Å². The van der Waals surface area contributed by atoms with Crippen LogP contribution in [0.25, 0.3) is 49.6 Å². The van der Waals surface area contributed by atoms with Crippen molar-refractivity contribution in [2.24, 2.45) is 0 Å². The first-order chi connectivity index (χ1) is 15.3. The second kappa shape index (κ2) is 5.38. The summed E-state index contributed by atoms with van der Waals surface area (Å²) >= 11 is 0. The molecule has 0 unspecified atom stereocenters. The predicted molar refractivity (Wildman–Crippen MR) is 124 cm³/mol. The van der Waals surface area contributed by atoms with Crippen LogP contribution >= 0.6 is 0 Å². The molecule has 0 spiro atoms. The Kier molecular flexibility index (Phi) is 2.74. The SMILES string of the molecule is c1ccc2c(c1)Cc1cc3c(cc1-2)-c1cc2c(cc1C3)c1cnccc1n1ccnc21. The maximum absolute atomic E-state index is 4.71. The highest BCUT2D eigenvalue weighted by molar-refractivity contribution is 6.13. The van der Waals surface area contributed by atoms with Gasteiger partial charge in [0.25, 0.3) is 0 Å². The van der Waals surface area contributed by atoms with E-state index in [1.807, 2.05) is 24.8 Å². The van der Waals surface area contributed by atoms with Gasteiger partial charge in [0.15, 0.2) is 0 Å². The first-order valence-electron chi connectivity index (χ1n) is 10.7. The van der Waals surface area contributed by atoms with Gasteiger partial charge in [-0.25, -0.2) is 4.98 Å². The van der Waals surface area contributed by atoms with E-state index in [9.17, 15) is 0 Å². The molecule has 0 fully saturated rings. The zero-order chi connectivity index (χ0) is 20.1. The van der Waals surface area contributed by atoms with E-state index < -0.39 is 0 Å². The molecule has 144 valence electrons. The Morgan fingerprint density at radius 3 is 2.42 bits per heavy atom. The molecule has 2 aliphatic rings. The third kappa shape index (κ3) is 1.94. The van der Waals surface area contributed by atoms with E-state index in [1.54, 1.807) is 0 Å². The van der Waals surface area contributed by atoms with Gasteiger partial charge in [0.2, 0.25) is 0 Å². The van der Waals surface area contributed by atoms with Crippen LogP contribution in [0, 0.1) is 0 Å². The molecular formula is C28H17N3. The number of aromatic nitrogens is 3. The van der Waals surface area contributed by atoms with E-state index in [1.165, 1.54) is 60.7 Å². The molecule has 0 amide bonds. The average molecular weight is 395 g/mol. The van der Waals surface area contributed by atoms with Gasteiger partial charge in [0.05, 0.1) is 5.52 Å². The molecule has 3 nitrogen and oxygen atoms in total. The molecule has 2 aliphatic carbocycles. The summed E-state index contributed by atoms with van der Waals surface area (Å²) in [6.07, 6.45) is 9.81. The predicted octanol–water partition coefficient (Wildman–Crippen LogP) is 6.18. The Morgan fingerprint density at radius 2 is 1.45 bits per heavy atom. The van der Waals surface area contributed by atoms with E-state index in [0.29, 0.717) is 0 Å². The number of hydrogen-bond donors (Lipinski definition) is 0. The van der Waals surface area contributed by atoms with Gasteiger partial charge in [0.1, 0.15) is 5.65 Å². The number of fused-ring (bicyclic) bond motifs is 12. The first-order valence-corrected chi connectivity index (χ1v) is 10.7. The Morgan fingerprint density at radius 1 is 0.645 bits per heavy atom. The molecule has 31 heavy (non-hydrogen) atoms. The smallest absolute Gasteiger partial charge is 0.145 e. The third-order valence-corrected chi connectivity index (χ3v) is 7.16. The number of hydrogen-bond acceptors (Lipinski definition) is 2. The van der Waals surface area contributed by atoms with Gasteiger partial charge in [-0.05, 0) is 87.0 Å². The lowest BCUT2D eigenvalue weighted by Gasteiger charge is -2.11. The summed E-state index contributed by atoms with van der Waals surface area (Å²) in [5.41, 5.74) is 13.4. The van der Waals surface area contributed by atoms with Crippen molar-refractivity contribution in [2.75, 3.05) is 0 Å². The zero-order valence-electron chi connectivity index (χ0n) is 16.8. The van der Waals surface area contributed by atoms with Gasteiger partial charge in [0, 0.05) is 35.6 Å². The minimum atomic E-state index is 0.992. The lowest BCUT2D eigenvalue weighted by atomic mass is 9.96. The Labute approximate surface area is 178 Å². The molecule has 6 aromatic rings. The molecule has 3 heteroatoms. The first kappa shape index (κ1) is 15.8. The third-order valence-electron chi connectivity index (χ3n) is 7.16. The quantitative estimate of drug-likeness (QED) is 0.287. The number of rotatable bonds is 0. The molecular weight excluding hydrogens is 378 g/mol. The molecule has 0 aliphatic heterocycles. The molecule has 0 radical (unpaired) electrons. The summed E-state index contributed by atoms with van der Waals surface area (Å²) in [5.74, 6) is 0. The minimum absolute atomic E-state index is 0.992. The van der Waals surface area contributed by atoms with Gasteiger partial charge in [-0.2, -0.15) is 0 Å². The average Bonchev–Trinajstić information content (AvgIpc) is 3.51. The van der Waals surface area contributed by atoms with Crippen molar-refractivity contribution in [3.63, 3.8) is 0 Å². The summed E-state index contributed by atoms with van der Waals surface area (Å²) in [6.45, 7) is 0. The van der Waals surface area contributed by atoms with Gasteiger partial charge in [-0.15, -0.1) is 0 Å². The van der Waals surface area contributed by atoms with Crippen LogP contribution in [0.2, 0.25) is 0 Å². The van der Waals surface area contributed by atoms with Crippen LogP contribution in [0.4, 0.5) is 0 Å². The van der Waals surface area contributed by atoms with Crippen molar-refractivity contribution in [3.05, 3.63) is 102 Å². The fourth-order valence-electron chi connectivity index (χ4n) is 5.79. The molecule has 0 saturated carbocycles. The monoisotopic (exact) mass is 395 g/mol. The Hall–Kier alpha value is -3.98. The lowest BCUT2D eigenvalue weighted by Crippen LogP contribution is -1.92. The van der Waals surface area contributed by atoms with E-state index >= 15 is 0 Å². The van der Waals surface area contributed by atoms with E-state index in [0.717, 1.165) is 24.0 Å². The van der Waals surface area contributed by atoms with Crippen molar-refractivity contribution in [1.29, 1.82) is 0 Å². The fraction of sp³-hybridized carbons (Fsp3) is 0.0714. The molecule has 0 saturated heterocycles. The number of nitrogens with zero attached hydrogens (tertiary/aromatic N) is 3. The number of imidazole rings is 1. The van der Waals surface area contributed by atoms with Crippen LogP contribution in [-0.4, -0.2) is 14.4 Å². The largest absolute Gasteiger partial charge is 0.299 e. The van der Waals surface area contributed by atoms with Crippen molar-refractivity contribution < 1.29 is 0 Å². The Bertz CT molecular complexity index is 1740. The summed E-state index contributed by atoms with van der Waals surface area (Å²) in [5, 5.41) is 3.61. The minimum Gasteiger partial charge on any atom is -0.299 e. The normalized spacial score (nSPS) is 13.5. The highest BCUT2D eigenvalue weighted by Crippen LogP contribution is 2.46. The maximum atomic E-state index is 4.71. The van der Waals surface area contributed by atoms with Gasteiger partial charge in [-0.1, -0.05) is 30.3 Å². The molecule has 0 N–H and O–H groups in total. The number of benzene rings is 3. The summed E-state index contributed by atoms with van der Waals surface area (Å²) < 4.78 is 2.18. The molecule has 3 aromatic carbocycles. The van der Waals surface area contributed by atoms with Gasteiger partial charge >= 0.3 is 0 Å². The number of pyridine rings is 2. The highest BCUT2D eigenvalue weighted by atomic mass is 15.0. The van der Waals surface area contributed by atoms with E-state index in [2.05, 4.69) is 64.0 Å². The highest BCUT2D eigenvalue weighted by Gasteiger charge is 2.26. The van der Waals surface area contributed by atoms with Crippen molar-refractivity contribution in [1.82, 2.24) is 14.4 Å². The summed E-state index contributed by atoms with van der Waals surface area (Å²) in [6, 6.07) is 20.5. The van der Waals surface area contributed by atoms with Crippen LogP contribution in [0.1, 0.15) is 22.3 Å². The van der Waals surface area contributed by atoms with Crippen LogP contribution in [0.3, 0.4) is 0 Å². The molecule has 0 atom stereocenters. The zero-order valence-corrected chi connectivity index (χ0v) is 16.8. The topological polar surface area (TPSA) is 30.2 Å². The van der Waals surface area contributed by atoms with Crippen LogP contribution < -0.4 is 0 Å². The fourth-order valence-corrected chi connectivity index (χ4v) is 5.79. The molecule has 8 rings (SSSR count). The second-order valence-corrected chi connectivity index (χ2v) is 8.75. The molecule has 3 heterocycles.